The van der Waals surface area contributed by atoms with Crippen molar-refractivity contribution in [2.24, 2.45) is 0 Å². The largest absolute Gasteiger partial charge is 0.311 e. The fraction of sp³-hybridized carbons (Fsp3) is 0.400. The number of nitrogens with one attached hydrogen (secondary N) is 1. The molecule has 5 heteroatoms. The average molecular weight is 239 g/mol. The van der Waals surface area contributed by atoms with Gasteiger partial charge in [0.15, 0.2) is 0 Å². The molecule has 15 heavy (non-hydrogen) atoms. The van der Waals surface area contributed by atoms with Crippen molar-refractivity contribution in [3.63, 3.8) is 0 Å². The molecule has 0 aliphatic heterocycles. The van der Waals surface area contributed by atoms with Crippen LogP contribution in [0.5, 0.6) is 0 Å². The van der Waals surface area contributed by atoms with Crippen LogP contribution >= 0.6 is 22.7 Å². The zero-order chi connectivity index (χ0) is 10.7. The van der Waals surface area contributed by atoms with E-state index in [9.17, 15) is 0 Å². The zero-order valence-corrected chi connectivity index (χ0v) is 10.4. The third kappa shape index (κ3) is 2.62. The molecule has 1 atom stereocenters. The Bertz CT molecular complexity index is 408. The van der Waals surface area contributed by atoms with Gasteiger partial charge in [0.1, 0.15) is 10.0 Å². The normalized spacial score (nSPS) is 12.9. The van der Waals surface area contributed by atoms with Crippen LogP contribution < -0.4 is 5.32 Å². The summed E-state index contributed by atoms with van der Waals surface area (Å²) in [5.74, 6) is 0. The maximum Gasteiger partial charge on any atom is 0.134 e. The summed E-state index contributed by atoms with van der Waals surface area (Å²) in [5, 5.41) is 15.8. The molecule has 0 amide bonds. The molecular weight excluding hydrogens is 226 g/mol. The second-order valence-electron chi connectivity index (χ2n) is 3.30. The number of hydrogen-bond acceptors (Lipinski definition) is 5. The van der Waals surface area contributed by atoms with Crippen molar-refractivity contribution >= 4 is 22.7 Å². The zero-order valence-electron chi connectivity index (χ0n) is 8.73. The Morgan fingerprint density at radius 2 is 2.33 bits per heavy atom. The summed E-state index contributed by atoms with van der Waals surface area (Å²) in [6.07, 6.45) is 0.908. The first-order valence-electron chi connectivity index (χ1n) is 4.81. The lowest BCUT2D eigenvalue weighted by molar-refractivity contribution is 0.639. The molecule has 2 aromatic rings. The molecule has 0 saturated carbocycles. The highest BCUT2D eigenvalue weighted by molar-refractivity contribution is 7.12. The lowest BCUT2D eigenvalue weighted by Gasteiger charge is -2.02. The van der Waals surface area contributed by atoms with Gasteiger partial charge in [-0.2, -0.15) is 0 Å². The molecule has 0 radical (unpaired) electrons. The van der Waals surface area contributed by atoms with Crippen LogP contribution in [-0.2, 0) is 6.42 Å². The standard InChI is InChI=1S/C10H13N3S2/c1-7(11-2)10-13-12-9(15-10)6-8-4-3-5-14-8/h3-5,7,11H,6H2,1-2H3. The van der Waals surface area contributed by atoms with Crippen LogP contribution in [0.2, 0.25) is 0 Å². The molecule has 1 N–H and O–H groups in total. The van der Waals surface area contributed by atoms with E-state index >= 15 is 0 Å². The van der Waals surface area contributed by atoms with E-state index in [1.54, 1.807) is 22.7 Å². The van der Waals surface area contributed by atoms with Crippen LogP contribution in [0.15, 0.2) is 17.5 Å². The highest BCUT2D eigenvalue weighted by atomic mass is 32.1. The topological polar surface area (TPSA) is 37.8 Å². The number of thiophene rings is 1. The Hall–Kier alpha value is -0.780. The molecule has 2 heterocycles. The number of hydrogen-bond donors (Lipinski definition) is 1. The lowest BCUT2D eigenvalue weighted by Crippen LogP contribution is -2.11. The molecule has 0 spiro atoms. The van der Waals surface area contributed by atoms with Crippen LogP contribution in [0.3, 0.4) is 0 Å². The molecular formula is C10H13N3S2. The van der Waals surface area contributed by atoms with Gasteiger partial charge in [0.05, 0.1) is 6.04 Å². The van der Waals surface area contributed by atoms with Crippen LogP contribution in [0.1, 0.15) is 27.9 Å². The van der Waals surface area contributed by atoms with E-state index in [2.05, 4.69) is 40.0 Å². The van der Waals surface area contributed by atoms with Gasteiger partial charge in [-0.3, -0.25) is 0 Å². The lowest BCUT2D eigenvalue weighted by atomic mass is 10.4. The smallest absolute Gasteiger partial charge is 0.134 e. The summed E-state index contributed by atoms with van der Waals surface area (Å²) >= 11 is 3.45. The molecule has 2 rings (SSSR count). The molecule has 80 valence electrons. The second kappa shape index (κ2) is 4.83. The molecule has 0 aliphatic carbocycles. The van der Waals surface area contributed by atoms with Gasteiger partial charge in [-0.25, -0.2) is 0 Å². The van der Waals surface area contributed by atoms with Gasteiger partial charge >= 0.3 is 0 Å². The summed E-state index contributed by atoms with van der Waals surface area (Å²) in [6, 6.07) is 4.49. The van der Waals surface area contributed by atoms with Crippen molar-refractivity contribution in [2.75, 3.05) is 7.05 Å². The molecule has 3 nitrogen and oxygen atoms in total. The van der Waals surface area contributed by atoms with Crippen molar-refractivity contribution in [3.05, 3.63) is 32.4 Å². The quantitative estimate of drug-likeness (QED) is 0.890. The number of nitrogens with zero attached hydrogens (tertiary/aromatic N) is 2. The first kappa shape index (κ1) is 10.7. The SMILES string of the molecule is CNC(C)c1nnc(Cc2cccs2)s1. The van der Waals surface area contributed by atoms with E-state index in [4.69, 9.17) is 0 Å². The Morgan fingerprint density at radius 3 is 3.00 bits per heavy atom. The summed E-state index contributed by atoms with van der Waals surface area (Å²) in [5.41, 5.74) is 0. The van der Waals surface area contributed by atoms with E-state index in [0.29, 0.717) is 6.04 Å². The monoisotopic (exact) mass is 239 g/mol. The Morgan fingerprint density at radius 1 is 1.47 bits per heavy atom. The van der Waals surface area contributed by atoms with Gasteiger partial charge in [-0.15, -0.1) is 21.5 Å². The molecule has 0 aliphatic rings. The number of aromatic nitrogens is 2. The summed E-state index contributed by atoms with van der Waals surface area (Å²) in [4.78, 5) is 1.34. The first-order chi connectivity index (χ1) is 7.29. The van der Waals surface area contributed by atoms with Crippen LogP contribution in [-0.4, -0.2) is 17.2 Å². The van der Waals surface area contributed by atoms with Gasteiger partial charge in [0, 0.05) is 11.3 Å². The maximum absolute atomic E-state index is 4.20. The number of rotatable bonds is 4. The van der Waals surface area contributed by atoms with Crippen LogP contribution in [0, 0.1) is 0 Å². The minimum atomic E-state index is 0.291. The Balaban J connectivity index is 2.07. The minimum absolute atomic E-state index is 0.291. The Labute approximate surface area is 97.2 Å². The molecule has 1 unspecified atom stereocenters. The third-order valence-electron chi connectivity index (χ3n) is 2.19. The van der Waals surface area contributed by atoms with Crippen molar-refractivity contribution < 1.29 is 0 Å². The van der Waals surface area contributed by atoms with E-state index in [0.717, 1.165) is 16.4 Å². The van der Waals surface area contributed by atoms with Gasteiger partial charge in [0.25, 0.3) is 0 Å². The van der Waals surface area contributed by atoms with Crippen molar-refractivity contribution in [3.8, 4) is 0 Å². The fourth-order valence-electron chi connectivity index (χ4n) is 1.20. The summed E-state index contributed by atoms with van der Waals surface area (Å²) in [7, 11) is 1.94. The fourth-order valence-corrected chi connectivity index (χ4v) is 2.93. The van der Waals surface area contributed by atoms with Gasteiger partial charge < -0.3 is 5.32 Å². The molecule has 0 saturated heterocycles. The predicted molar refractivity (Wildman–Crippen MR) is 64.5 cm³/mol. The maximum atomic E-state index is 4.20. The van der Waals surface area contributed by atoms with Crippen LogP contribution in [0.4, 0.5) is 0 Å². The van der Waals surface area contributed by atoms with Crippen molar-refractivity contribution in [1.29, 1.82) is 0 Å². The van der Waals surface area contributed by atoms with Gasteiger partial charge in [0.2, 0.25) is 0 Å². The summed E-state index contributed by atoms with van der Waals surface area (Å²) < 4.78 is 0. The first-order valence-corrected chi connectivity index (χ1v) is 6.51. The molecule has 0 fully saturated rings. The Kier molecular flexibility index (Phi) is 3.45. The van der Waals surface area contributed by atoms with Gasteiger partial charge in [-0.1, -0.05) is 17.4 Å². The molecule has 2 aromatic heterocycles. The van der Waals surface area contributed by atoms with E-state index in [1.807, 2.05) is 7.05 Å². The molecule has 0 aromatic carbocycles. The third-order valence-corrected chi connectivity index (χ3v) is 4.17. The van der Waals surface area contributed by atoms with Gasteiger partial charge in [-0.05, 0) is 25.4 Å². The average Bonchev–Trinajstić information content (AvgIpc) is 2.88. The highest BCUT2D eigenvalue weighted by Gasteiger charge is 2.10. The van der Waals surface area contributed by atoms with Crippen LogP contribution in [0.25, 0.3) is 0 Å². The summed E-state index contributed by atoms with van der Waals surface area (Å²) in [6.45, 7) is 2.09. The van der Waals surface area contributed by atoms with Crippen molar-refractivity contribution in [2.45, 2.75) is 19.4 Å². The second-order valence-corrected chi connectivity index (χ2v) is 5.43. The predicted octanol–water partition coefficient (Wildman–Crippen LogP) is 2.47. The minimum Gasteiger partial charge on any atom is -0.311 e. The van der Waals surface area contributed by atoms with E-state index in [-0.39, 0.29) is 0 Å². The molecule has 0 bridgehead atoms. The highest BCUT2D eigenvalue weighted by Crippen LogP contribution is 2.21. The van der Waals surface area contributed by atoms with E-state index in [1.165, 1.54) is 4.88 Å². The van der Waals surface area contributed by atoms with Crippen molar-refractivity contribution in [1.82, 2.24) is 15.5 Å². The van der Waals surface area contributed by atoms with E-state index < -0.39 is 0 Å².